The van der Waals surface area contributed by atoms with Crippen LogP contribution in [0.4, 0.5) is 5.69 Å². The Morgan fingerprint density at radius 2 is 1.92 bits per heavy atom. The first kappa shape index (κ1) is 18.5. The zero-order valence-electron chi connectivity index (χ0n) is 14.8. The summed E-state index contributed by atoms with van der Waals surface area (Å²) in [6.45, 7) is 0.692. The maximum atomic E-state index is 12.3. The average Bonchev–Trinajstić information content (AvgIpc) is 2.55. The van der Waals surface area contributed by atoms with Crippen LogP contribution in [0.25, 0.3) is 0 Å². The number of nitrogens with zero attached hydrogens (tertiary/aromatic N) is 1. The van der Waals surface area contributed by atoms with Gasteiger partial charge in [-0.1, -0.05) is 38.2 Å². The summed E-state index contributed by atoms with van der Waals surface area (Å²) in [5.74, 6) is 0.217. The van der Waals surface area contributed by atoms with Gasteiger partial charge in [-0.05, 0) is 44.1 Å². The minimum Gasteiger partial charge on any atom is -0.366 e. The molecule has 0 atom stereocenters. The largest absolute Gasteiger partial charge is 0.366 e. The topological polar surface area (TPSA) is 75.4 Å². The number of hydrogen-bond acceptors (Lipinski definition) is 3. The molecule has 3 N–H and O–H groups in total. The molecule has 5 nitrogen and oxygen atoms in total. The second-order valence-electron chi connectivity index (χ2n) is 7.06. The minimum atomic E-state index is -0.482. The smallest absolute Gasteiger partial charge is 0.248 e. The van der Waals surface area contributed by atoms with Crippen LogP contribution in [0.3, 0.4) is 0 Å². The van der Waals surface area contributed by atoms with Gasteiger partial charge in [-0.15, -0.1) is 0 Å². The molecule has 1 aliphatic carbocycles. The lowest BCUT2D eigenvalue weighted by Gasteiger charge is -2.21. The maximum absolute atomic E-state index is 12.3. The summed E-state index contributed by atoms with van der Waals surface area (Å²) in [7, 11) is 3.94. The highest BCUT2D eigenvalue weighted by Gasteiger charge is 2.16. The van der Waals surface area contributed by atoms with Crippen molar-refractivity contribution in [3.05, 3.63) is 29.3 Å². The third-order valence-electron chi connectivity index (χ3n) is 4.66. The van der Waals surface area contributed by atoms with E-state index in [1.807, 2.05) is 25.1 Å². The number of amides is 2. The summed E-state index contributed by atoms with van der Waals surface area (Å²) < 4.78 is 0. The number of nitrogens with two attached hydrogens (primary N) is 1. The average molecular weight is 331 g/mol. The number of rotatable bonds is 7. The van der Waals surface area contributed by atoms with E-state index in [1.165, 1.54) is 32.1 Å². The SMILES string of the molecule is CN(C)Cc1ccc(C(N)=O)cc1NC(=O)CCC1CCCCC1. The van der Waals surface area contributed by atoms with E-state index in [4.69, 9.17) is 5.73 Å². The standard InChI is InChI=1S/C19H29N3O2/c1-22(2)13-16-10-9-15(19(20)24)12-17(16)21-18(23)11-8-14-6-4-3-5-7-14/h9-10,12,14H,3-8,11,13H2,1-2H3,(H2,20,24)(H,21,23). The molecule has 1 saturated carbocycles. The van der Waals surface area contributed by atoms with Crippen LogP contribution in [0.2, 0.25) is 0 Å². The number of benzene rings is 1. The first-order valence-corrected chi connectivity index (χ1v) is 8.83. The van der Waals surface area contributed by atoms with Crippen LogP contribution in [0.15, 0.2) is 18.2 Å². The lowest BCUT2D eigenvalue weighted by atomic mass is 9.86. The highest BCUT2D eigenvalue weighted by Crippen LogP contribution is 2.27. The zero-order chi connectivity index (χ0) is 17.5. The predicted molar refractivity (Wildman–Crippen MR) is 96.8 cm³/mol. The third-order valence-corrected chi connectivity index (χ3v) is 4.66. The van der Waals surface area contributed by atoms with Gasteiger partial charge in [0.05, 0.1) is 0 Å². The molecule has 1 aliphatic rings. The molecule has 0 spiro atoms. The van der Waals surface area contributed by atoms with Crippen molar-refractivity contribution in [3.63, 3.8) is 0 Å². The predicted octanol–water partition coefficient (Wildman–Crippen LogP) is 3.15. The number of primary amides is 1. The van der Waals surface area contributed by atoms with Crippen molar-refractivity contribution >= 4 is 17.5 Å². The molecule has 2 rings (SSSR count). The van der Waals surface area contributed by atoms with Crippen molar-refractivity contribution in [2.45, 2.75) is 51.5 Å². The van der Waals surface area contributed by atoms with E-state index in [-0.39, 0.29) is 5.91 Å². The first-order chi connectivity index (χ1) is 11.5. The fourth-order valence-electron chi connectivity index (χ4n) is 3.35. The third kappa shape index (κ3) is 5.64. The molecule has 0 unspecified atom stereocenters. The Kier molecular flexibility index (Phi) is 6.79. The van der Waals surface area contributed by atoms with Gasteiger partial charge < -0.3 is 16.0 Å². The van der Waals surface area contributed by atoms with Crippen LogP contribution in [0.5, 0.6) is 0 Å². The monoisotopic (exact) mass is 331 g/mol. The van der Waals surface area contributed by atoms with E-state index in [9.17, 15) is 9.59 Å². The molecular weight excluding hydrogens is 302 g/mol. The highest BCUT2D eigenvalue weighted by atomic mass is 16.2. The van der Waals surface area contributed by atoms with E-state index in [0.717, 1.165) is 12.0 Å². The lowest BCUT2D eigenvalue weighted by Crippen LogP contribution is -2.19. The van der Waals surface area contributed by atoms with E-state index >= 15 is 0 Å². The molecular formula is C19H29N3O2. The summed E-state index contributed by atoms with van der Waals surface area (Å²) in [4.78, 5) is 25.8. The Balaban J connectivity index is 2.00. The van der Waals surface area contributed by atoms with Gasteiger partial charge in [0.2, 0.25) is 11.8 Å². The fraction of sp³-hybridized carbons (Fsp3) is 0.579. The summed E-state index contributed by atoms with van der Waals surface area (Å²) in [6.07, 6.45) is 7.89. The number of carbonyl (C=O) groups is 2. The molecule has 24 heavy (non-hydrogen) atoms. The van der Waals surface area contributed by atoms with Gasteiger partial charge >= 0.3 is 0 Å². The molecule has 0 saturated heterocycles. The van der Waals surface area contributed by atoms with Gasteiger partial charge in [-0.2, -0.15) is 0 Å². The van der Waals surface area contributed by atoms with Gasteiger partial charge in [0.25, 0.3) is 0 Å². The number of nitrogens with one attached hydrogen (secondary N) is 1. The number of carbonyl (C=O) groups excluding carboxylic acids is 2. The summed E-state index contributed by atoms with van der Waals surface area (Å²) in [6, 6.07) is 5.25. The Hall–Kier alpha value is -1.88. The lowest BCUT2D eigenvalue weighted by molar-refractivity contribution is -0.116. The van der Waals surface area contributed by atoms with Crippen molar-refractivity contribution in [3.8, 4) is 0 Å². The van der Waals surface area contributed by atoms with Crippen LogP contribution < -0.4 is 11.1 Å². The van der Waals surface area contributed by atoms with E-state index < -0.39 is 5.91 Å². The van der Waals surface area contributed by atoms with Gasteiger partial charge in [0, 0.05) is 24.2 Å². The normalized spacial score (nSPS) is 15.5. The quantitative estimate of drug-likeness (QED) is 0.806. The van der Waals surface area contributed by atoms with Crippen LogP contribution in [-0.2, 0) is 11.3 Å². The number of anilines is 1. The maximum Gasteiger partial charge on any atom is 0.248 e. The Bertz CT molecular complexity index is 578. The van der Waals surface area contributed by atoms with Crippen molar-refractivity contribution in [1.82, 2.24) is 4.90 Å². The van der Waals surface area contributed by atoms with Crippen LogP contribution >= 0.6 is 0 Å². The number of hydrogen-bond donors (Lipinski definition) is 2. The first-order valence-electron chi connectivity index (χ1n) is 8.83. The van der Waals surface area contributed by atoms with Crippen molar-refractivity contribution in [1.29, 1.82) is 0 Å². The summed E-state index contributed by atoms with van der Waals surface area (Å²) in [5.41, 5.74) is 7.45. The van der Waals surface area contributed by atoms with Crippen molar-refractivity contribution in [2.24, 2.45) is 11.7 Å². The molecule has 0 bridgehead atoms. The Morgan fingerprint density at radius 3 is 2.54 bits per heavy atom. The van der Waals surface area contributed by atoms with Crippen LogP contribution in [-0.4, -0.2) is 30.8 Å². The molecule has 5 heteroatoms. The van der Waals surface area contributed by atoms with Crippen LogP contribution in [0.1, 0.15) is 60.9 Å². The molecule has 0 heterocycles. The van der Waals surface area contributed by atoms with Crippen LogP contribution in [0, 0.1) is 5.92 Å². The van der Waals surface area contributed by atoms with E-state index in [0.29, 0.717) is 30.1 Å². The van der Waals surface area contributed by atoms with Crippen molar-refractivity contribution in [2.75, 3.05) is 19.4 Å². The van der Waals surface area contributed by atoms with Gasteiger partial charge in [0.15, 0.2) is 0 Å². The molecule has 1 aromatic rings. The Morgan fingerprint density at radius 1 is 1.21 bits per heavy atom. The summed E-state index contributed by atoms with van der Waals surface area (Å²) >= 11 is 0. The van der Waals surface area contributed by atoms with E-state index in [1.54, 1.807) is 12.1 Å². The molecule has 1 aromatic carbocycles. The van der Waals surface area contributed by atoms with Gasteiger partial charge in [-0.25, -0.2) is 0 Å². The van der Waals surface area contributed by atoms with Gasteiger partial charge in [-0.3, -0.25) is 9.59 Å². The highest BCUT2D eigenvalue weighted by molar-refractivity contribution is 5.97. The molecule has 1 fully saturated rings. The molecule has 0 radical (unpaired) electrons. The summed E-state index contributed by atoms with van der Waals surface area (Å²) in [5, 5.41) is 2.98. The molecule has 0 aliphatic heterocycles. The Labute approximate surface area is 144 Å². The van der Waals surface area contributed by atoms with Gasteiger partial charge in [0.1, 0.15) is 0 Å². The molecule has 0 aromatic heterocycles. The second kappa shape index (κ2) is 8.83. The fourth-order valence-corrected chi connectivity index (χ4v) is 3.35. The second-order valence-corrected chi connectivity index (χ2v) is 7.06. The van der Waals surface area contributed by atoms with E-state index in [2.05, 4.69) is 5.32 Å². The minimum absolute atomic E-state index is 0.0159. The zero-order valence-corrected chi connectivity index (χ0v) is 14.8. The van der Waals surface area contributed by atoms with Crippen molar-refractivity contribution < 1.29 is 9.59 Å². The molecule has 2 amide bonds. The molecule has 132 valence electrons.